The molecule has 2 saturated heterocycles. The summed E-state index contributed by atoms with van der Waals surface area (Å²) in [7, 11) is 0. The van der Waals surface area contributed by atoms with Gasteiger partial charge in [0.2, 0.25) is 5.91 Å². The Morgan fingerprint density at radius 1 is 1.06 bits per heavy atom. The van der Waals surface area contributed by atoms with E-state index in [0.717, 1.165) is 5.56 Å². The summed E-state index contributed by atoms with van der Waals surface area (Å²) in [6.45, 7) is 4.39. The molecule has 8 heteroatoms. The highest BCUT2D eigenvalue weighted by Gasteiger charge is 2.60. The topological polar surface area (TPSA) is 85.9 Å². The quantitative estimate of drug-likeness (QED) is 0.666. The predicted molar refractivity (Wildman–Crippen MR) is 119 cm³/mol. The maximum atomic E-state index is 12.5. The van der Waals surface area contributed by atoms with Gasteiger partial charge in [-0.25, -0.2) is 0 Å². The predicted octanol–water partition coefficient (Wildman–Crippen LogP) is 2.72. The maximum Gasteiger partial charge on any atom is 0.252 e. The first-order valence-corrected chi connectivity index (χ1v) is 11.0. The zero-order valence-electron chi connectivity index (χ0n) is 18.1. The Morgan fingerprint density at radius 3 is 2.53 bits per heavy atom. The van der Waals surface area contributed by atoms with Crippen molar-refractivity contribution >= 4 is 23.4 Å². The largest absolute Gasteiger partial charge is 0.370 e. The van der Waals surface area contributed by atoms with E-state index in [9.17, 15) is 9.59 Å². The SMILES string of the molecule is CC1(C)O[C@@H]2[C@@H](CNC(=O)c3ccccc3Cl)OC[C@]2(CNC(=O)Cc2ccccc2)O1. The fraction of sp³-hybridized carbons (Fsp3) is 0.417. The Labute approximate surface area is 192 Å². The molecule has 2 aliphatic heterocycles. The summed E-state index contributed by atoms with van der Waals surface area (Å²) in [5.41, 5.74) is 0.511. The molecular formula is C24H27ClN2O5. The summed E-state index contributed by atoms with van der Waals surface area (Å²) in [5, 5.41) is 6.21. The van der Waals surface area contributed by atoms with Crippen LogP contribution in [0.1, 0.15) is 29.8 Å². The number of halogens is 1. The molecule has 4 rings (SSSR count). The molecule has 3 atom stereocenters. The number of carbonyl (C=O) groups is 2. The fourth-order valence-corrected chi connectivity index (χ4v) is 4.45. The minimum atomic E-state index is -0.830. The van der Waals surface area contributed by atoms with Gasteiger partial charge in [0.1, 0.15) is 17.8 Å². The molecule has 2 aromatic rings. The van der Waals surface area contributed by atoms with E-state index < -0.39 is 23.6 Å². The minimum Gasteiger partial charge on any atom is -0.370 e. The van der Waals surface area contributed by atoms with Crippen LogP contribution in [0.4, 0.5) is 0 Å². The number of hydrogen-bond donors (Lipinski definition) is 2. The third-order valence-corrected chi connectivity index (χ3v) is 5.96. The number of nitrogens with one attached hydrogen (secondary N) is 2. The van der Waals surface area contributed by atoms with Gasteiger partial charge in [-0.05, 0) is 31.5 Å². The Morgan fingerprint density at radius 2 is 1.78 bits per heavy atom. The van der Waals surface area contributed by atoms with Gasteiger partial charge in [0, 0.05) is 6.54 Å². The van der Waals surface area contributed by atoms with Gasteiger partial charge >= 0.3 is 0 Å². The molecule has 2 aromatic carbocycles. The van der Waals surface area contributed by atoms with Crippen LogP contribution in [-0.4, -0.2) is 55.1 Å². The Hall–Kier alpha value is -2.45. The van der Waals surface area contributed by atoms with E-state index in [2.05, 4.69) is 10.6 Å². The maximum absolute atomic E-state index is 12.5. The van der Waals surface area contributed by atoms with Crippen LogP contribution in [0, 0.1) is 0 Å². The second kappa shape index (κ2) is 9.19. The Bertz CT molecular complexity index is 983. The molecule has 2 aliphatic rings. The van der Waals surface area contributed by atoms with E-state index in [1.807, 2.05) is 44.2 Å². The third kappa shape index (κ3) is 4.96. The molecule has 2 amide bonds. The Kier molecular flexibility index (Phi) is 6.53. The van der Waals surface area contributed by atoms with Crippen molar-refractivity contribution in [2.75, 3.05) is 19.7 Å². The molecule has 0 radical (unpaired) electrons. The first-order valence-electron chi connectivity index (χ1n) is 10.6. The molecule has 0 bridgehead atoms. The van der Waals surface area contributed by atoms with Crippen molar-refractivity contribution < 1.29 is 23.8 Å². The van der Waals surface area contributed by atoms with E-state index in [0.29, 0.717) is 10.6 Å². The summed E-state index contributed by atoms with van der Waals surface area (Å²) < 4.78 is 18.3. The van der Waals surface area contributed by atoms with Crippen molar-refractivity contribution in [3.05, 3.63) is 70.7 Å². The molecule has 2 fully saturated rings. The van der Waals surface area contributed by atoms with Crippen LogP contribution >= 0.6 is 11.6 Å². The van der Waals surface area contributed by atoms with Gasteiger partial charge in [0.25, 0.3) is 5.91 Å². The second-order valence-corrected chi connectivity index (χ2v) is 8.99. The van der Waals surface area contributed by atoms with Crippen molar-refractivity contribution in [3.8, 4) is 0 Å². The number of ether oxygens (including phenoxy) is 3. The highest BCUT2D eigenvalue weighted by molar-refractivity contribution is 6.33. The second-order valence-electron chi connectivity index (χ2n) is 8.58. The number of fused-ring (bicyclic) bond motifs is 1. The van der Waals surface area contributed by atoms with Crippen LogP contribution in [0.15, 0.2) is 54.6 Å². The average molecular weight is 459 g/mol. The normalized spacial score (nSPS) is 25.8. The van der Waals surface area contributed by atoms with E-state index in [1.165, 1.54) is 0 Å². The molecule has 2 N–H and O–H groups in total. The smallest absolute Gasteiger partial charge is 0.252 e. The van der Waals surface area contributed by atoms with Crippen LogP contribution in [0.3, 0.4) is 0 Å². The fourth-order valence-electron chi connectivity index (χ4n) is 4.23. The Balaban J connectivity index is 1.38. The highest BCUT2D eigenvalue weighted by Crippen LogP contribution is 2.43. The van der Waals surface area contributed by atoms with Crippen molar-refractivity contribution in [1.82, 2.24) is 10.6 Å². The standard InChI is InChI=1S/C24H27ClN2O5/c1-23(2)31-21-19(13-26-22(29)17-10-6-7-11-18(17)25)30-15-24(21,32-23)14-27-20(28)12-16-8-4-3-5-9-16/h3-11,19,21H,12-15H2,1-2H3,(H,26,29)(H,27,28)/t19-,21-,24+/m1/s1. The third-order valence-electron chi connectivity index (χ3n) is 5.63. The van der Waals surface area contributed by atoms with Gasteiger partial charge in [0.05, 0.1) is 30.2 Å². The van der Waals surface area contributed by atoms with Gasteiger partial charge < -0.3 is 24.8 Å². The zero-order valence-corrected chi connectivity index (χ0v) is 18.9. The summed E-state index contributed by atoms with van der Waals surface area (Å²) in [6.07, 6.45) is -0.584. The molecule has 170 valence electrons. The lowest BCUT2D eigenvalue weighted by molar-refractivity contribution is -0.189. The molecule has 0 spiro atoms. The summed E-state index contributed by atoms with van der Waals surface area (Å²) in [6, 6.07) is 16.4. The highest BCUT2D eigenvalue weighted by atomic mass is 35.5. The molecule has 32 heavy (non-hydrogen) atoms. The van der Waals surface area contributed by atoms with E-state index in [-0.39, 0.29) is 37.9 Å². The van der Waals surface area contributed by atoms with E-state index in [1.54, 1.807) is 24.3 Å². The lowest BCUT2D eigenvalue weighted by Gasteiger charge is -2.27. The van der Waals surface area contributed by atoms with Gasteiger partial charge in [0.15, 0.2) is 5.79 Å². The van der Waals surface area contributed by atoms with Crippen LogP contribution in [0.2, 0.25) is 5.02 Å². The van der Waals surface area contributed by atoms with Crippen LogP contribution < -0.4 is 10.6 Å². The van der Waals surface area contributed by atoms with Gasteiger partial charge in [-0.2, -0.15) is 0 Å². The monoisotopic (exact) mass is 458 g/mol. The first kappa shape index (κ1) is 22.7. The number of rotatable bonds is 7. The number of hydrogen-bond acceptors (Lipinski definition) is 5. The van der Waals surface area contributed by atoms with Crippen molar-refractivity contribution in [2.24, 2.45) is 0 Å². The summed E-state index contributed by atoms with van der Waals surface area (Å²) in [5.74, 6) is -1.22. The summed E-state index contributed by atoms with van der Waals surface area (Å²) >= 11 is 6.12. The molecule has 0 unspecified atom stereocenters. The van der Waals surface area contributed by atoms with Crippen LogP contribution in [-0.2, 0) is 25.4 Å². The molecule has 7 nitrogen and oxygen atoms in total. The minimum absolute atomic E-state index is 0.104. The van der Waals surface area contributed by atoms with Crippen molar-refractivity contribution in [2.45, 2.75) is 43.9 Å². The molecule has 0 saturated carbocycles. The summed E-state index contributed by atoms with van der Waals surface area (Å²) in [4.78, 5) is 25.0. The molecule has 0 aliphatic carbocycles. The molecular weight excluding hydrogens is 432 g/mol. The van der Waals surface area contributed by atoms with Crippen LogP contribution in [0.25, 0.3) is 0 Å². The van der Waals surface area contributed by atoms with Gasteiger partial charge in [-0.3, -0.25) is 9.59 Å². The molecule has 2 heterocycles. The average Bonchev–Trinajstić information content (AvgIpc) is 3.22. The molecule has 0 aromatic heterocycles. The lowest BCUT2D eigenvalue weighted by Crippen LogP contribution is -2.52. The van der Waals surface area contributed by atoms with Crippen molar-refractivity contribution in [1.29, 1.82) is 0 Å². The van der Waals surface area contributed by atoms with Crippen molar-refractivity contribution in [3.63, 3.8) is 0 Å². The first-order chi connectivity index (χ1) is 15.3. The van der Waals surface area contributed by atoms with Gasteiger partial charge in [-0.1, -0.05) is 54.1 Å². The van der Waals surface area contributed by atoms with E-state index >= 15 is 0 Å². The number of amides is 2. The number of carbonyl (C=O) groups excluding carboxylic acids is 2. The zero-order chi connectivity index (χ0) is 22.8. The lowest BCUT2D eigenvalue weighted by atomic mass is 9.96. The van der Waals surface area contributed by atoms with Gasteiger partial charge in [-0.15, -0.1) is 0 Å². The van der Waals surface area contributed by atoms with E-state index in [4.69, 9.17) is 25.8 Å². The van der Waals surface area contributed by atoms with Crippen LogP contribution in [0.5, 0.6) is 0 Å². The number of benzene rings is 2.